The molecule has 0 N–H and O–H groups in total. The van der Waals surface area contributed by atoms with Gasteiger partial charge in [0.05, 0.1) is 12.4 Å². The van der Waals surface area contributed by atoms with Crippen LogP contribution in [0, 0.1) is 5.92 Å². The SMILES string of the molecule is CS(=O)CC1CCN(c2ccnc(-c3cnc4cnc(C(F)(F)F)cn34)n2)C1. The summed E-state index contributed by atoms with van der Waals surface area (Å²) < 4.78 is 51.7. The van der Waals surface area contributed by atoms with Crippen LogP contribution in [0.4, 0.5) is 19.0 Å². The lowest BCUT2D eigenvalue weighted by Gasteiger charge is -2.17. The van der Waals surface area contributed by atoms with E-state index < -0.39 is 22.7 Å². The predicted molar refractivity (Wildman–Crippen MR) is 98.3 cm³/mol. The van der Waals surface area contributed by atoms with Gasteiger partial charge in [0.15, 0.2) is 17.2 Å². The van der Waals surface area contributed by atoms with Crippen LogP contribution in [0.5, 0.6) is 0 Å². The van der Waals surface area contributed by atoms with Crippen LogP contribution in [0.1, 0.15) is 12.1 Å². The van der Waals surface area contributed by atoms with Crippen LogP contribution in [0.15, 0.2) is 30.9 Å². The number of halogens is 3. The summed E-state index contributed by atoms with van der Waals surface area (Å²) >= 11 is 0. The summed E-state index contributed by atoms with van der Waals surface area (Å²) in [5.41, 5.74) is -0.371. The molecule has 0 bridgehead atoms. The maximum absolute atomic E-state index is 13.0. The highest BCUT2D eigenvalue weighted by Crippen LogP contribution is 2.29. The molecule has 3 aromatic rings. The molecule has 0 amide bonds. The Balaban J connectivity index is 1.66. The van der Waals surface area contributed by atoms with Crippen LogP contribution in [0.25, 0.3) is 17.2 Å². The lowest BCUT2D eigenvalue weighted by atomic mass is 10.2. The van der Waals surface area contributed by atoms with Gasteiger partial charge in [-0.25, -0.2) is 19.9 Å². The maximum Gasteiger partial charge on any atom is 0.434 e. The van der Waals surface area contributed by atoms with Crippen LogP contribution in [0.2, 0.25) is 0 Å². The highest BCUT2D eigenvalue weighted by molar-refractivity contribution is 7.84. The average molecular weight is 410 g/mol. The Hall–Kier alpha value is -2.56. The minimum absolute atomic E-state index is 0.281. The molecule has 7 nitrogen and oxygen atoms in total. The highest BCUT2D eigenvalue weighted by atomic mass is 32.2. The zero-order chi connectivity index (χ0) is 19.9. The Morgan fingerprint density at radius 2 is 2.07 bits per heavy atom. The molecular weight excluding hydrogens is 393 g/mol. The summed E-state index contributed by atoms with van der Waals surface area (Å²) in [4.78, 5) is 18.3. The molecule has 4 rings (SSSR count). The number of alkyl halides is 3. The van der Waals surface area contributed by atoms with Gasteiger partial charge in [-0.2, -0.15) is 13.2 Å². The van der Waals surface area contributed by atoms with Gasteiger partial charge < -0.3 is 4.90 Å². The van der Waals surface area contributed by atoms with Crippen molar-refractivity contribution < 1.29 is 17.4 Å². The molecule has 148 valence electrons. The van der Waals surface area contributed by atoms with E-state index >= 15 is 0 Å². The number of hydrogen-bond acceptors (Lipinski definition) is 6. The van der Waals surface area contributed by atoms with Gasteiger partial charge in [-0.1, -0.05) is 0 Å². The van der Waals surface area contributed by atoms with Crippen molar-refractivity contribution >= 4 is 22.3 Å². The van der Waals surface area contributed by atoms with E-state index in [-0.39, 0.29) is 11.5 Å². The second-order valence-corrected chi connectivity index (χ2v) is 8.20. The topological polar surface area (TPSA) is 76.3 Å². The molecule has 11 heteroatoms. The van der Waals surface area contributed by atoms with Gasteiger partial charge in [0.2, 0.25) is 0 Å². The Bertz CT molecular complexity index is 1040. The predicted octanol–water partition coefficient (Wildman–Crippen LogP) is 2.41. The van der Waals surface area contributed by atoms with E-state index in [1.807, 2.05) is 0 Å². The molecule has 28 heavy (non-hydrogen) atoms. The standard InChI is InChI=1S/C17H17F3N6OS/c1-28(27)10-11-3-5-25(8-11)14-2-4-21-16(24-14)12-6-23-15-7-22-13(9-26(12)15)17(18,19)20/h2,4,6-7,9,11H,3,5,8,10H2,1H3. The van der Waals surface area contributed by atoms with E-state index in [1.165, 1.54) is 10.6 Å². The van der Waals surface area contributed by atoms with Crippen molar-refractivity contribution in [3.05, 3.63) is 36.5 Å². The summed E-state index contributed by atoms with van der Waals surface area (Å²) in [5, 5.41) is 0. The van der Waals surface area contributed by atoms with Crippen molar-refractivity contribution in [2.24, 2.45) is 5.92 Å². The molecular formula is C17H17F3N6OS. The number of aromatic nitrogens is 5. The molecule has 0 aliphatic carbocycles. The molecule has 0 saturated carbocycles. The average Bonchev–Trinajstić information content (AvgIpc) is 3.27. The molecule has 1 saturated heterocycles. The smallest absolute Gasteiger partial charge is 0.356 e. The fraction of sp³-hybridized carbons (Fsp3) is 0.412. The van der Waals surface area contributed by atoms with Gasteiger partial charge in [0, 0.05) is 48.3 Å². The highest BCUT2D eigenvalue weighted by Gasteiger charge is 2.33. The maximum atomic E-state index is 13.0. The molecule has 3 aromatic heterocycles. The number of anilines is 1. The first kappa shape index (κ1) is 18.8. The molecule has 0 aromatic carbocycles. The third kappa shape index (κ3) is 3.71. The van der Waals surface area contributed by atoms with Gasteiger partial charge in [-0.15, -0.1) is 0 Å². The first-order valence-corrected chi connectivity index (χ1v) is 10.3. The minimum atomic E-state index is -4.55. The van der Waals surface area contributed by atoms with Gasteiger partial charge in [-0.3, -0.25) is 8.61 Å². The molecule has 2 unspecified atom stereocenters. The summed E-state index contributed by atoms with van der Waals surface area (Å²) in [7, 11) is -0.850. The number of imidazole rings is 1. The summed E-state index contributed by atoms with van der Waals surface area (Å²) in [5.74, 6) is 1.95. The molecule has 0 radical (unpaired) electrons. The van der Waals surface area contributed by atoms with E-state index in [2.05, 4.69) is 24.8 Å². The van der Waals surface area contributed by atoms with Crippen LogP contribution in [-0.4, -0.2) is 53.6 Å². The molecule has 1 fully saturated rings. The van der Waals surface area contributed by atoms with Gasteiger partial charge in [-0.05, 0) is 18.4 Å². The van der Waals surface area contributed by atoms with Crippen LogP contribution < -0.4 is 4.90 Å². The van der Waals surface area contributed by atoms with E-state index in [1.54, 1.807) is 18.5 Å². The van der Waals surface area contributed by atoms with Crippen molar-refractivity contribution in [1.29, 1.82) is 0 Å². The zero-order valence-electron chi connectivity index (χ0n) is 14.9. The second kappa shape index (κ2) is 7.12. The third-order valence-corrected chi connectivity index (χ3v) is 5.58. The molecule has 4 heterocycles. The largest absolute Gasteiger partial charge is 0.434 e. The number of fused-ring (bicyclic) bond motifs is 1. The minimum Gasteiger partial charge on any atom is -0.356 e. The van der Waals surface area contributed by atoms with E-state index in [0.717, 1.165) is 31.9 Å². The van der Waals surface area contributed by atoms with Crippen molar-refractivity contribution in [2.75, 3.05) is 30.0 Å². The Morgan fingerprint density at radius 1 is 1.25 bits per heavy atom. The lowest BCUT2D eigenvalue weighted by Crippen LogP contribution is -2.22. The molecule has 1 aliphatic rings. The summed E-state index contributed by atoms with van der Waals surface area (Å²) in [6.07, 6.45) is 3.05. The molecule has 2 atom stereocenters. The fourth-order valence-corrected chi connectivity index (χ4v) is 4.29. The Kier molecular flexibility index (Phi) is 4.77. The van der Waals surface area contributed by atoms with E-state index in [9.17, 15) is 17.4 Å². The zero-order valence-corrected chi connectivity index (χ0v) is 15.7. The first-order valence-electron chi connectivity index (χ1n) is 8.60. The Labute approximate surface area is 161 Å². The fourth-order valence-electron chi connectivity index (χ4n) is 3.36. The molecule has 0 spiro atoms. The number of nitrogens with zero attached hydrogens (tertiary/aromatic N) is 6. The number of hydrogen-bond donors (Lipinski definition) is 0. The van der Waals surface area contributed by atoms with E-state index in [4.69, 9.17) is 0 Å². The van der Waals surface area contributed by atoms with Gasteiger partial charge >= 0.3 is 6.18 Å². The van der Waals surface area contributed by atoms with Crippen molar-refractivity contribution in [3.63, 3.8) is 0 Å². The normalized spacial score (nSPS) is 18.7. The van der Waals surface area contributed by atoms with Crippen LogP contribution in [-0.2, 0) is 17.0 Å². The monoisotopic (exact) mass is 410 g/mol. The quantitative estimate of drug-likeness (QED) is 0.658. The van der Waals surface area contributed by atoms with Crippen molar-refractivity contribution in [1.82, 2.24) is 24.3 Å². The van der Waals surface area contributed by atoms with Gasteiger partial charge in [0.1, 0.15) is 11.5 Å². The van der Waals surface area contributed by atoms with Crippen molar-refractivity contribution in [2.45, 2.75) is 12.6 Å². The van der Waals surface area contributed by atoms with E-state index in [0.29, 0.717) is 23.2 Å². The van der Waals surface area contributed by atoms with Crippen LogP contribution >= 0.6 is 0 Å². The third-order valence-electron chi connectivity index (χ3n) is 4.64. The number of rotatable bonds is 4. The van der Waals surface area contributed by atoms with Gasteiger partial charge in [0.25, 0.3) is 0 Å². The second-order valence-electron chi connectivity index (χ2n) is 6.72. The lowest BCUT2D eigenvalue weighted by molar-refractivity contribution is -0.141. The Morgan fingerprint density at radius 3 is 2.82 bits per heavy atom. The molecule has 1 aliphatic heterocycles. The summed E-state index contributed by atoms with van der Waals surface area (Å²) in [6, 6.07) is 1.76. The van der Waals surface area contributed by atoms with Crippen molar-refractivity contribution in [3.8, 4) is 11.5 Å². The first-order chi connectivity index (χ1) is 13.3. The summed E-state index contributed by atoms with van der Waals surface area (Å²) in [6.45, 7) is 1.53. The van der Waals surface area contributed by atoms with Crippen LogP contribution in [0.3, 0.4) is 0 Å².